The molecule has 10 heteroatoms. The summed E-state index contributed by atoms with van der Waals surface area (Å²) in [7, 11) is 3.23. The number of rotatable bonds is 12. The van der Waals surface area contributed by atoms with E-state index in [2.05, 4.69) is 26.6 Å². The molecule has 1 aromatic carbocycles. The van der Waals surface area contributed by atoms with Crippen LogP contribution in [0.15, 0.2) is 64.9 Å². The minimum atomic E-state index is -0.377. The second kappa shape index (κ2) is 13.4. The van der Waals surface area contributed by atoms with Crippen molar-refractivity contribution in [1.82, 2.24) is 10.6 Å². The number of anilines is 3. The molecule has 0 saturated heterocycles. The van der Waals surface area contributed by atoms with E-state index in [4.69, 9.17) is 9.73 Å². The van der Waals surface area contributed by atoms with Crippen molar-refractivity contribution in [3.63, 3.8) is 0 Å². The van der Waals surface area contributed by atoms with Crippen LogP contribution in [0.4, 0.5) is 17.1 Å². The maximum absolute atomic E-state index is 12.1. The lowest BCUT2D eigenvalue weighted by Gasteiger charge is -2.23. The van der Waals surface area contributed by atoms with E-state index in [-0.39, 0.29) is 18.1 Å². The highest BCUT2D eigenvalue weighted by Crippen LogP contribution is 2.25. The summed E-state index contributed by atoms with van der Waals surface area (Å²) >= 11 is 1.32. The first-order valence-corrected chi connectivity index (χ1v) is 12.5. The Kier molecular flexibility index (Phi) is 10.00. The molecule has 0 saturated carbocycles. The number of hydrogen-bond acceptors (Lipinski definition) is 10. The largest absolute Gasteiger partial charge is 0.465 e. The molecular formula is C25H34N6O3S. The average molecular weight is 499 g/mol. The Balaban J connectivity index is 1.67. The number of aliphatic hydroxyl groups excluding tert-OH is 1. The highest BCUT2D eigenvalue weighted by molar-refractivity contribution is 7.12. The summed E-state index contributed by atoms with van der Waals surface area (Å²) in [5, 5.41) is 27.8. The van der Waals surface area contributed by atoms with Crippen LogP contribution in [0.25, 0.3) is 0 Å². The Morgan fingerprint density at radius 3 is 2.74 bits per heavy atom. The fraction of sp³-hybridized carbons (Fsp3) is 0.360. The highest BCUT2D eigenvalue weighted by atomic mass is 32.1. The van der Waals surface area contributed by atoms with E-state index in [1.807, 2.05) is 68.0 Å². The van der Waals surface area contributed by atoms with Crippen LogP contribution in [0.3, 0.4) is 0 Å². The molecule has 0 amide bonds. The molecule has 2 heterocycles. The molecule has 9 nitrogen and oxygen atoms in total. The van der Waals surface area contributed by atoms with E-state index in [9.17, 15) is 9.90 Å². The van der Waals surface area contributed by atoms with E-state index in [1.165, 1.54) is 18.4 Å². The Labute approximate surface area is 210 Å². The summed E-state index contributed by atoms with van der Waals surface area (Å²) < 4.78 is 4.88. The van der Waals surface area contributed by atoms with Gasteiger partial charge in [0.25, 0.3) is 0 Å². The Morgan fingerprint density at radius 1 is 1.26 bits per heavy atom. The second-order valence-corrected chi connectivity index (χ2v) is 8.85. The summed E-state index contributed by atoms with van der Waals surface area (Å²) in [5.41, 5.74) is 2.55. The van der Waals surface area contributed by atoms with Crippen LogP contribution in [0.5, 0.6) is 0 Å². The van der Waals surface area contributed by atoms with Gasteiger partial charge in [-0.2, -0.15) is 0 Å². The van der Waals surface area contributed by atoms with Gasteiger partial charge < -0.3 is 36.4 Å². The molecule has 0 spiro atoms. The van der Waals surface area contributed by atoms with E-state index in [0.29, 0.717) is 35.9 Å². The van der Waals surface area contributed by atoms with Crippen molar-refractivity contribution < 1.29 is 14.6 Å². The maximum Gasteiger partial charge on any atom is 0.350 e. The molecule has 0 bridgehead atoms. The minimum absolute atomic E-state index is 0.100. The number of benzene rings is 1. The molecule has 3 rings (SSSR count). The van der Waals surface area contributed by atoms with Gasteiger partial charge in [0, 0.05) is 25.0 Å². The predicted octanol–water partition coefficient (Wildman–Crippen LogP) is 3.92. The third-order valence-corrected chi connectivity index (χ3v) is 6.19. The van der Waals surface area contributed by atoms with Crippen LogP contribution >= 0.6 is 11.3 Å². The number of aliphatic hydroxyl groups is 1. The van der Waals surface area contributed by atoms with Crippen LogP contribution in [0, 0.1) is 0 Å². The summed E-state index contributed by atoms with van der Waals surface area (Å²) in [5.74, 6) is 0.943. The molecule has 0 radical (unpaired) electrons. The first kappa shape index (κ1) is 26.1. The van der Waals surface area contributed by atoms with Crippen LogP contribution in [-0.2, 0) is 4.74 Å². The van der Waals surface area contributed by atoms with Gasteiger partial charge in [-0.3, -0.25) is 0 Å². The number of hydrogen-bond donors (Lipinski definition) is 6. The van der Waals surface area contributed by atoms with Gasteiger partial charge in [-0.25, -0.2) is 9.79 Å². The SMILES string of the molecule is CCC(O)CCNc1ccc(NC2=NC(C/C=C\NC)C=C(Nc3ccsc3C(=O)OC)N2)cc1. The predicted molar refractivity (Wildman–Crippen MR) is 144 cm³/mol. The zero-order valence-electron chi connectivity index (χ0n) is 20.3. The van der Waals surface area contributed by atoms with Crippen LogP contribution in [-0.4, -0.2) is 49.9 Å². The molecule has 2 aromatic rings. The number of guanidine groups is 1. The van der Waals surface area contributed by atoms with Gasteiger partial charge in [-0.1, -0.05) is 13.0 Å². The molecule has 0 fully saturated rings. The Bertz CT molecular complexity index is 1050. The van der Waals surface area contributed by atoms with Gasteiger partial charge >= 0.3 is 5.97 Å². The minimum Gasteiger partial charge on any atom is -0.465 e. The number of esters is 1. The molecule has 188 valence electrons. The molecule has 35 heavy (non-hydrogen) atoms. The Hall–Kier alpha value is -3.50. The normalized spacial score (nSPS) is 16.1. The van der Waals surface area contributed by atoms with Crippen LogP contribution in [0.2, 0.25) is 0 Å². The summed E-state index contributed by atoms with van der Waals surface area (Å²) in [6.45, 7) is 2.69. The Morgan fingerprint density at radius 2 is 2.03 bits per heavy atom. The van der Waals surface area contributed by atoms with E-state index in [1.54, 1.807) is 0 Å². The van der Waals surface area contributed by atoms with Crippen molar-refractivity contribution in [1.29, 1.82) is 0 Å². The fourth-order valence-electron chi connectivity index (χ4n) is 3.38. The zero-order valence-corrected chi connectivity index (χ0v) is 21.1. The molecule has 1 aliphatic heterocycles. The highest BCUT2D eigenvalue weighted by Gasteiger charge is 2.19. The second-order valence-electron chi connectivity index (χ2n) is 7.94. The fourth-order valence-corrected chi connectivity index (χ4v) is 4.14. The van der Waals surface area contributed by atoms with Crippen molar-refractivity contribution in [2.24, 2.45) is 4.99 Å². The van der Waals surface area contributed by atoms with E-state index in [0.717, 1.165) is 23.6 Å². The van der Waals surface area contributed by atoms with Gasteiger partial charge in [-0.05, 0) is 67.3 Å². The van der Waals surface area contributed by atoms with Crippen molar-refractivity contribution in [2.45, 2.75) is 38.3 Å². The number of nitrogens with one attached hydrogen (secondary N) is 5. The van der Waals surface area contributed by atoms with Crippen LogP contribution < -0.4 is 26.6 Å². The summed E-state index contributed by atoms with van der Waals surface area (Å²) in [4.78, 5) is 17.3. The van der Waals surface area contributed by atoms with Crippen LogP contribution in [0.1, 0.15) is 35.9 Å². The van der Waals surface area contributed by atoms with Gasteiger partial charge in [0.2, 0.25) is 5.96 Å². The molecule has 2 atom stereocenters. The number of carbonyl (C=O) groups is 1. The number of thiophene rings is 1. The monoisotopic (exact) mass is 498 g/mol. The third-order valence-electron chi connectivity index (χ3n) is 5.30. The summed E-state index contributed by atoms with van der Waals surface area (Å²) in [6.07, 6.45) is 7.79. The lowest BCUT2D eigenvalue weighted by atomic mass is 10.2. The van der Waals surface area contributed by atoms with Gasteiger partial charge in [0.1, 0.15) is 10.7 Å². The van der Waals surface area contributed by atoms with Crippen molar-refractivity contribution in [3.05, 3.63) is 64.8 Å². The number of methoxy groups -OCH3 is 1. The molecule has 2 unspecified atom stereocenters. The quantitative estimate of drug-likeness (QED) is 0.244. The molecule has 1 aliphatic rings. The lowest BCUT2D eigenvalue weighted by molar-refractivity contribution is 0.0607. The number of nitrogens with zero attached hydrogens (tertiary/aromatic N) is 1. The first-order valence-electron chi connectivity index (χ1n) is 11.6. The first-order chi connectivity index (χ1) is 17.0. The summed E-state index contributed by atoms with van der Waals surface area (Å²) in [6, 6.07) is 9.66. The number of ether oxygens (including phenoxy) is 1. The molecule has 0 aliphatic carbocycles. The van der Waals surface area contributed by atoms with Crippen molar-refractivity contribution in [2.75, 3.05) is 36.7 Å². The van der Waals surface area contributed by atoms with Crippen molar-refractivity contribution in [3.8, 4) is 0 Å². The molecule has 6 N–H and O–H groups in total. The standard InChI is InChI=1S/C25H34N6O3S/c1-4-20(32)11-14-27-17-7-9-18(10-8-17)28-25-29-19(6-5-13-26-2)16-22(31-25)30-21-12-15-35-23(21)24(33)34-3/h5,7-10,12-13,15-16,19-20,26-27,30,32H,4,6,11,14H2,1-3H3,(H2,28,29,31)/b13-5-. The third kappa shape index (κ3) is 8.04. The molecular weight excluding hydrogens is 464 g/mol. The number of aliphatic imine (C=N–C) groups is 1. The zero-order chi connectivity index (χ0) is 25.0. The van der Waals surface area contributed by atoms with Gasteiger partial charge in [0.05, 0.1) is 24.9 Å². The van der Waals surface area contributed by atoms with Gasteiger partial charge in [0.15, 0.2) is 0 Å². The average Bonchev–Trinajstić information content (AvgIpc) is 3.32. The maximum atomic E-state index is 12.1. The number of carbonyl (C=O) groups excluding carboxylic acids is 1. The molecule has 1 aromatic heterocycles. The van der Waals surface area contributed by atoms with Crippen molar-refractivity contribution >= 4 is 40.3 Å². The lowest BCUT2D eigenvalue weighted by Crippen LogP contribution is -2.37. The topological polar surface area (TPSA) is 119 Å². The van der Waals surface area contributed by atoms with E-state index < -0.39 is 0 Å². The smallest absolute Gasteiger partial charge is 0.350 e. The van der Waals surface area contributed by atoms with Gasteiger partial charge in [-0.15, -0.1) is 11.3 Å². The van der Waals surface area contributed by atoms with E-state index >= 15 is 0 Å².